The third-order valence-corrected chi connectivity index (χ3v) is 4.52. The number of ketones is 1. The number of rotatable bonds is 5. The van der Waals surface area contributed by atoms with Crippen LogP contribution in [0, 0.1) is 6.92 Å². The van der Waals surface area contributed by atoms with Gasteiger partial charge in [0.05, 0.1) is 5.69 Å². The first-order chi connectivity index (χ1) is 9.83. The SMILES string of the molecule is CCn1cc(S(=O)(=O)Nc2cccc(C(C)=O)c2)c(C)n1. The van der Waals surface area contributed by atoms with Crippen molar-refractivity contribution in [2.24, 2.45) is 0 Å². The number of nitrogens with zero attached hydrogens (tertiary/aromatic N) is 2. The molecule has 1 aromatic carbocycles. The largest absolute Gasteiger partial charge is 0.295 e. The Kier molecular flexibility index (Phi) is 4.13. The first kappa shape index (κ1) is 15.2. The highest BCUT2D eigenvalue weighted by Gasteiger charge is 2.20. The fraction of sp³-hybridized carbons (Fsp3) is 0.286. The minimum Gasteiger partial charge on any atom is -0.295 e. The van der Waals surface area contributed by atoms with Crippen LogP contribution in [0.1, 0.15) is 29.9 Å². The van der Waals surface area contributed by atoms with Gasteiger partial charge >= 0.3 is 0 Å². The number of carbonyl (C=O) groups is 1. The molecule has 0 amide bonds. The number of nitrogens with one attached hydrogen (secondary N) is 1. The van der Waals surface area contributed by atoms with Crippen LogP contribution in [0.3, 0.4) is 0 Å². The summed E-state index contributed by atoms with van der Waals surface area (Å²) in [5.41, 5.74) is 1.24. The Labute approximate surface area is 123 Å². The zero-order valence-corrected chi connectivity index (χ0v) is 12.9. The summed E-state index contributed by atoms with van der Waals surface area (Å²) in [4.78, 5) is 11.5. The molecule has 0 aliphatic carbocycles. The van der Waals surface area contributed by atoms with Crippen molar-refractivity contribution in [3.63, 3.8) is 0 Å². The lowest BCUT2D eigenvalue weighted by Crippen LogP contribution is -2.13. The van der Waals surface area contributed by atoms with Gasteiger partial charge in [-0.15, -0.1) is 0 Å². The Morgan fingerprint density at radius 1 is 1.38 bits per heavy atom. The number of sulfonamides is 1. The fourth-order valence-electron chi connectivity index (χ4n) is 1.94. The van der Waals surface area contributed by atoms with Gasteiger partial charge in [-0.1, -0.05) is 12.1 Å². The van der Waals surface area contributed by atoms with E-state index in [9.17, 15) is 13.2 Å². The molecular formula is C14H17N3O3S. The summed E-state index contributed by atoms with van der Waals surface area (Å²) in [5, 5.41) is 4.13. The molecule has 0 bridgehead atoms. The maximum absolute atomic E-state index is 12.4. The van der Waals surface area contributed by atoms with Gasteiger partial charge in [0.25, 0.3) is 10.0 Å². The summed E-state index contributed by atoms with van der Waals surface area (Å²) in [5.74, 6) is -0.119. The second-order valence-electron chi connectivity index (χ2n) is 4.68. The highest BCUT2D eigenvalue weighted by atomic mass is 32.2. The van der Waals surface area contributed by atoms with Gasteiger partial charge in [0.2, 0.25) is 0 Å². The number of aromatic nitrogens is 2. The van der Waals surface area contributed by atoms with E-state index in [1.54, 1.807) is 29.8 Å². The van der Waals surface area contributed by atoms with Gasteiger partial charge in [-0.05, 0) is 32.9 Å². The number of hydrogen-bond acceptors (Lipinski definition) is 4. The Balaban J connectivity index is 2.35. The van der Waals surface area contributed by atoms with Gasteiger partial charge in [0, 0.05) is 24.0 Å². The first-order valence-corrected chi connectivity index (χ1v) is 7.99. The van der Waals surface area contributed by atoms with Gasteiger partial charge in [-0.2, -0.15) is 5.10 Å². The minimum absolute atomic E-state index is 0.119. The molecule has 0 unspecified atom stereocenters. The lowest BCUT2D eigenvalue weighted by Gasteiger charge is -2.07. The molecule has 6 nitrogen and oxygen atoms in total. The Bertz CT molecular complexity index is 779. The van der Waals surface area contributed by atoms with Crippen LogP contribution in [0.15, 0.2) is 35.4 Å². The zero-order chi connectivity index (χ0) is 15.6. The van der Waals surface area contributed by atoms with Gasteiger partial charge in [0.1, 0.15) is 4.90 Å². The third-order valence-electron chi connectivity index (χ3n) is 3.04. The number of aryl methyl sites for hydroxylation is 2. The number of Topliss-reactive ketones (excluding diaryl/α,β-unsaturated/α-hetero) is 1. The average molecular weight is 307 g/mol. The lowest BCUT2D eigenvalue weighted by molar-refractivity contribution is 0.101. The van der Waals surface area contributed by atoms with Crippen molar-refractivity contribution in [1.29, 1.82) is 0 Å². The maximum Gasteiger partial charge on any atom is 0.265 e. The van der Waals surface area contributed by atoms with E-state index in [1.807, 2.05) is 6.92 Å². The van der Waals surface area contributed by atoms with Crippen LogP contribution in [0.25, 0.3) is 0 Å². The molecule has 1 heterocycles. The molecule has 2 aromatic rings. The summed E-state index contributed by atoms with van der Waals surface area (Å²) in [7, 11) is -3.72. The van der Waals surface area contributed by atoms with Crippen LogP contribution >= 0.6 is 0 Å². The zero-order valence-electron chi connectivity index (χ0n) is 12.1. The quantitative estimate of drug-likeness (QED) is 0.859. The van der Waals surface area contributed by atoms with Crippen molar-refractivity contribution < 1.29 is 13.2 Å². The van der Waals surface area contributed by atoms with Crippen LogP contribution in [0.5, 0.6) is 0 Å². The van der Waals surface area contributed by atoms with E-state index in [2.05, 4.69) is 9.82 Å². The molecule has 0 fully saturated rings. The standard InChI is InChI=1S/C14H17N3O3S/c1-4-17-9-14(10(2)15-17)21(19,20)16-13-7-5-6-12(8-13)11(3)18/h5-9,16H,4H2,1-3H3. The lowest BCUT2D eigenvalue weighted by atomic mass is 10.1. The van der Waals surface area contributed by atoms with Crippen LogP contribution in [-0.4, -0.2) is 24.0 Å². The van der Waals surface area contributed by atoms with E-state index < -0.39 is 10.0 Å². The first-order valence-electron chi connectivity index (χ1n) is 6.51. The van der Waals surface area contributed by atoms with Crippen molar-refractivity contribution in [1.82, 2.24) is 9.78 Å². The molecule has 0 saturated carbocycles. The molecule has 0 spiro atoms. The molecule has 2 rings (SSSR count). The number of carbonyl (C=O) groups excluding carboxylic acids is 1. The van der Waals surface area contributed by atoms with Crippen molar-refractivity contribution >= 4 is 21.5 Å². The molecule has 0 aliphatic heterocycles. The van der Waals surface area contributed by atoms with E-state index in [1.165, 1.54) is 19.2 Å². The van der Waals surface area contributed by atoms with E-state index in [-0.39, 0.29) is 10.7 Å². The minimum atomic E-state index is -3.72. The second kappa shape index (κ2) is 5.69. The van der Waals surface area contributed by atoms with Crippen molar-refractivity contribution in [3.8, 4) is 0 Å². The van der Waals surface area contributed by atoms with E-state index in [4.69, 9.17) is 0 Å². The van der Waals surface area contributed by atoms with Gasteiger partial charge < -0.3 is 0 Å². The molecule has 21 heavy (non-hydrogen) atoms. The van der Waals surface area contributed by atoms with Gasteiger partial charge in [0.15, 0.2) is 5.78 Å². The molecule has 7 heteroatoms. The van der Waals surface area contributed by atoms with Crippen LogP contribution < -0.4 is 4.72 Å². The number of hydrogen-bond donors (Lipinski definition) is 1. The highest BCUT2D eigenvalue weighted by molar-refractivity contribution is 7.92. The Hall–Kier alpha value is -2.15. The number of anilines is 1. The van der Waals surface area contributed by atoms with Crippen molar-refractivity contribution in [3.05, 3.63) is 41.7 Å². The Morgan fingerprint density at radius 3 is 2.67 bits per heavy atom. The topological polar surface area (TPSA) is 81.1 Å². The highest BCUT2D eigenvalue weighted by Crippen LogP contribution is 2.19. The third kappa shape index (κ3) is 3.30. The van der Waals surface area contributed by atoms with Gasteiger partial charge in [-0.3, -0.25) is 14.2 Å². The summed E-state index contributed by atoms with van der Waals surface area (Å²) in [6.45, 7) is 5.55. The summed E-state index contributed by atoms with van der Waals surface area (Å²) >= 11 is 0. The molecule has 1 N–H and O–H groups in total. The summed E-state index contributed by atoms with van der Waals surface area (Å²) in [6, 6.07) is 6.39. The van der Waals surface area contributed by atoms with Crippen LogP contribution in [0.2, 0.25) is 0 Å². The number of benzene rings is 1. The molecule has 112 valence electrons. The Morgan fingerprint density at radius 2 is 2.10 bits per heavy atom. The van der Waals surface area contributed by atoms with Crippen LogP contribution in [0.4, 0.5) is 5.69 Å². The predicted molar refractivity (Wildman–Crippen MR) is 79.9 cm³/mol. The van der Waals surface area contributed by atoms with Gasteiger partial charge in [-0.25, -0.2) is 8.42 Å². The van der Waals surface area contributed by atoms with E-state index in [0.717, 1.165) is 0 Å². The summed E-state index contributed by atoms with van der Waals surface area (Å²) < 4.78 is 28.8. The van der Waals surface area contributed by atoms with E-state index >= 15 is 0 Å². The summed E-state index contributed by atoms with van der Waals surface area (Å²) in [6.07, 6.45) is 1.49. The fourth-order valence-corrected chi connectivity index (χ4v) is 3.17. The van der Waals surface area contributed by atoms with Crippen molar-refractivity contribution in [2.45, 2.75) is 32.2 Å². The smallest absolute Gasteiger partial charge is 0.265 e. The monoisotopic (exact) mass is 307 g/mol. The average Bonchev–Trinajstić information content (AvgIpc) is 2.80. The molecule has 0 aliphatic rings. The maximum atomic E-state index is 12.4. The van der Waals surface area contributed by atoms with Crippen molar-refractivity contribution in [2.75, 3.05) is 4.72 Å². The molecule has 0 atom stereocenters. The van der Waals surface area contributed by atoms with Crippen LogP contribution in [-0.2, 0) is 16.6 Å². The normalized spacial score (nSPS) is 11.4. The molecule has 0 radical (unpaired) electrons. The molecule has 0 saturated heterocycles. The molecular weight excluding hydrogens is 290 g/mol. The second-order valence-corrected chi connectivity index (χ2v) is 6.33. The predicted octanol–water partition coefficient (Wildman–Crippen LogP) is 2.21. The van der Waals surface area contributed by atoms with E-state index in [0.29, 0.717) is 23.5 Å². The molecule has 1 aromatic heterocycles.